The average molecular weight is 458 g/mol. The number of aromatic nitrogens is 1. The molecular weight excluding hydrogens is 434 g/mol. The highest BCUT2D eigenvalue weighted by molar-refractivity contribution is 7.07. The van der Waals surface area contributed by atoms with Crippen LogP contribution in [0.2, 0.25) is 5.02 Å². The van der Waals surface area contributed by atoms with Crippen LogP contribution in [0, 0.1) is 5.41 Å². The van der Waals surface area contributed by atoms with Gasteiger partial charge in [0, 0.05) is 16.5 Å². The number of thiazole rings is 1. The van der Waals surface area contributed by atoms with E-state index in [0.29, 0.717) is 32.3 Å². The average Bonchev–Trinajstić information content (AvgIpc) is 3.06. The zero-order valence-electron chi connectivity index (χ0n) is 17.8. The Balaban J connectivity index is 1.85. The molecule has 3 aromatic rings. The van der Waals surface area contributed by atoms with Crippen molar-refractivity contribution < 1.29 is 14.3 Å². The van der Waals surface area contributed by atoms with Gasteiger partial charge in [-0.05, 0) is 41.5 Å². The van der Waals surface area contributed by atoms with E-state index in [0.717, 1.165) is 11.1 Å². The van der Waals surface area contributed by atoms with Gasteiger partial charge in [-0.15, -0.1) is 11.3 Å². The van der Waals surface area contributed by atoms with Gasteiger partial charge in [0.15, 0.2) is 17.3 Å². The summed E-state index contributed by atoms with van der Waals surface area (Å²) in [5.74, 6) is 1.12. The molecule has 0 amide bonds. The Labute approximate surface area is 189 Å². The minimum Gasteiger partial charge on any atom is -0.493 e. The van der Waals surface area contributed by atoms with Gasteiger partial charge in [0.05, 0.1) is 16.3 Å². The molecule has 3 rings (SSSR count). The van der Waals surface area contributed by atoms with E-state index in [9.17, 15) is 9.59 Å². The smallest absolute Gasteiger partial charge is 0.266 e. The molecule has 5 nitrogen and oxygen atoms in total. The zero-order chi connectivity index (χ0) is 22.6. The van der Waals surface area contributed by atoms with Crippen molar-refractivity contribution in [2.45, 2.75) is 27.4 Å². The van der Waals surface area contributed by atoms with E-state index in [4.69, 9.17) is 21.1 Å². The molecule has 0 fully saturated rings. The monoisotopic (exact) mass is 457 g/mol. The van der Waals surface area contributed by atoms with E-state index in [1.54, 1.807) is 25.3 Å². The minimum atomic E-state index is -0.500. The number of hydrogen-bond donors (Lipinski definition) is 1. The first-order valence-corrected chi connectivity index (χ1v) is 10.9. The number of benzene rings is 2. The van der Waals surface area contributed by atoms with Crippen LogP contribution in [0.4, 0.5) is 0 Å². The Hall–Kier alpha value is -2.83. The van der Waals surface area contributed by atoms with Crippen LogP contribution < -0.4 is 24.2 Å². The molecule has 0 spiro atoms. The third-order valence-corrected chi connectivity index (χ3v) is 5.69. The molecule has 0 atom stereocenters. The number of ether oxygens (including phenoxy) is 2. The highest BCUT2D eigenvalue weighted by Crippen LogP contribution is 2.29. The number of ketones is 1. The molecule has 0 aliphatic heterocycles. The number of nitrogens with one attached hydrogen (secondary N) is 1. The number of Topliss-reactive ketones (excluding diaryl/α,β-unsaturated/α-hetero) is 1. The number of hydrogen-bond acceptors (Lipinski definition) is 5. The van der Waals surface area contributed by atoms with Gasteiger partial charge in [-0.3, -0.25) is 9.59 Å². The van der Waals surface area contributed by atoms with Crippen LogP contribution in [0.15, 0.2) is 47.3 Å². The Morgan fingerprint density at radius 3 is 2.48 bits per heavy atom. The van der Waals surface area contributed by atoms with Gasteiger partial charge in [0.2, 0.25) is 0 Å². The first kappa shape index (κ1) is 22.8. The number of halogens is 1. The van der Waals surface area contributed by atoms with Crippen molar-refractivity contribution in [3.63, 3.8) is 0 Å². The van der Waals surface area contributed by atoms with Crippen LogP contribution in [0.3, 0.4) is 0 Å². The SMILES string of the molecule is COc1cc(C=c2sc(=CC(=O)C(C)(C)C)[nH]c2=O)ccc1OCc1ccc(Cl)cc1. The standard InChI is InChI=1S/C24H24ClNO4S/c1-24(2,3)21(27)13-22-26-23(28)20(31-22)12-16-7-10-18(19(11-16)29-4)30-14-15-5-8-17(25)9-6-15/h5-13H,14H2,1-4H3,(H,26,28). The number of carbonyl (C=O) groups excluding carboxylic acids is 1. The van der Waals surface area contributed by atoms with Crippen molar-refractivity contribution in [2.24, 2.45) is 5.41 Å². The summed E-state index contributed by atoms with van der Waals surface area (Å²) in [6.07, 6.45) is 3.24. The van der Waals surface area contributed by atoms with Crippen molar-refractivity contribution in [3.05, 3.63) is 78.2 Å². The highest BCUT2D eigenvalue weighted by Gasteiger charge is 2.18. The molecular formula is C24H24ClNO4S. The van der Waals surface area contributed by atoms with E-state index in [1.165, 1.54) is 17.4 Å². The summed E-state index contributed by atoms with van der Waals surface area (Å²) in [6, 6.07) is 12.9. The van der Waals surface area contributed by atoms with E-state index < -0.39 is 5.41 Å². The van der Waals surface area contributed by atoms with Crippen molar-refractivity contribution in [1.82, 2.24) is 4.98 Å². The molecule has 1 aromatic heterocycles. The largest absolute Gasteiger partial charge is 0.493 e. The molecule has 0 bridgehead atoms. The lowest BCUT2D eigenvalue weighted by molar-refractivity contribution is -0.119. The molecule has 1 heterocycles. The third kappa shape index (κ3) is 6.09. The molecule has 0 radical (unpaired) electrons. The van der Waals surface area contributed by atoms with Crippen LogP contribution in [-0.4, -0.2) is 17.9 Å². The minimum absolute atomic E-state index is 0.0413. The van der Waals surface area contributed by atoms with E-state index in [1.807, 2.05) is 51.1 Å². The fraction of sp³-hybridized carbons (Fsp3) is 0.250. The topological polar surface area (TPSA) is 68.4 Å². The van der Waals surface area contributed by atoms with E-state index >= 15 is 0 Å². The lowest BCUT2D eigenvalue weighted by Crippen LogP contribution is -2.22. The summed E-state index contributed by atoms with van der Waals surface area (Å²) in [5, 5.41) is 0.674. The van der Waals surface area contributed by atoms with Gasteiger partial charge < -0.3 is 14.5 Å². The first-order valence-electron chi connectivity index (χ1n) is 9.68. The summed E-state index contributed by atoms with van der Waals surface area (Å²) in [5.41, 5.74) is 1.04. The second kappa shape index (κ2) is 9.54. The molecule has 7 heteroatoms. The van der Waals surface area contributed by atoms with Crippen molar-refractivity contribution >= 4 is 40.9 Å². The zero-order valence-corrected chi connectivity index (χ0v) is 19.4. The predicted molar refractivity (Wildman–Crippen MR) is 125 cm³/mol. The number of rotatable bonds is 6. The quantitative estimate of drug-likeness (QED) is 0.609. The lowest BCUT2D eigenvalue weighted by Gasteiger charge is -2.12. The van der Waals surface area contributed by atoms with Gasteiger partial charge >= 0.3 is 0 Å². The van der Waals surface area contributed by atoms with E-state index in [-0.39, 0.29) is 11.3 Å². The molecule has 0 saturated carbocycles. The Morgan fingerprint density at radius 2 is 1.84 bits per heavy atom. The Bertz CT molecular complexity index is 1250. The van der Waals surface area contributed by atoms with Crippen molar-refractivity contribution in [3.8, 4) is 11.5 Å². The second-order valence-corrected chi connectivity index (χ2v) is 9.53. The Kier molecular flexibility index (Phi) is 7.03. The number of aromatic amines is 1. The van der Waals surface area contributed by atoms with Gasteiger partial charge in [0.1, 0.15) is 6.61 Å². The molecule has 0 aliphatic carbocycles. The van der Waals surface area contributed by atoms with Gasteiger partial charge in [-0.25, -0.2) is 0 Å². The molecule has 0 saturated heterocycles. The van der Waals surface area contributed by atoms with Gasteiger partial charge in [-0.1, -0.05) is 50.6 Å². The molecule has 0 aliphatic rings. The normalized spacial score (nSPS) is 12.8. The summed E-state index contributed by atoms with van der Waals surface area (Å²) >= 11 is 7.15. The molecule has 2 aromatic carbocycles. The summed E-state index contributed by atoms with van der Waals surface area (Å²) in [6.45, 7) is 5.90. The highest BCUT2D eigenvalue weighted by atomic mass is 35.5. The summed E-state index contributed by atoms with van der Waals surface area (Å²) < 4.78 is 12.4. The van der Waals surface area contributed by atoms with Gasteiger partial charge in [0.25, 0.3) is 5.56 Å². The molecule has 1 N–H and O–H groups in total. The second-order valence-electron chi connectivity index (χ2n) is 8.01. The number of carbonyl (C=O) groups is 1. The molecule has 162 valence electrons. The van der Waals surface area contributed by atoms with Crippen LogP contribution in [0.25, 0.3) is 12.2 Å². The Morgan fingerprint density at radius 1 is 1.13 bits per heavy atom. The first-order chi connectivity index (χ1) is 14.7. The molecule has 0 unspecified atom stereocenters. The van der Waals surface area contributed by atoms with E-state index in [2.05, 4.69) is 4.98 Å². The van der Waals surface area contributed by atoms with Gasteiger partial charge in [-0.2, -0.15) is 0 Å². The van der Waals surface area contributed by atoms with Crippen LogP contribution >= 0.6 is 22.9 Å². The maximum absolute atomic E-state index is 12.3. The third-order valence-electron chi connectivity index (χ3n) is 4.47. The fourth-order valence-electron chi connectivity index (χ4n) is 2.65. The lowest BCUT2D eigenvalue weighted by atomic mass is 9.91. The maximum atomic E-state index is 12.3. The van der Waals surface area contributed by atoms with Crippen LogP contribution in [0.1, 0.15) is 31.9 Å². The molecule has 31 heavy (non-hydrogen) atoms. The summed E-state index contributed by atoms with van der Waals surface area (Å²) in [7, 11) is 1.57. The summed E-state index contributed by atoms with van der Waals surface area (Å²) in [4.78, 5) is 27.2. The maximum Gasteiger partial charge on any atom is 0.266 e. The van der Waals surface area contributed by atoms with Crippen LogP contribution in [0.5, 0.6) is 11.5 Å². The fourth-order valence-corrected chi connectivity index (χ4v) is 3.66. The number of methoxy groups -OCH3 is 1. The van der Waals surface area contributed by atoms with Crippen LogP contribution in [-0.2, 0) is 11.4 Å². The predicted octanol–water partition coefficient (Wildman–Crippen LogP) is 3.90. The number of H-pyrrole nitrogens is 1. The van der Waals surface area contributed by atoms with Crippen molar-refractivity contribution in [1.29, 1.82) is 0 Å². The van der Waals surface area contributed by atoms with Crippen molar-refractivity contribution in [2.75, 3.05) is 7.11 Å².